The van der Waals surface area contributed by atoms with E-state index in [1.54, 1.807) is 21.3 Å². The molecule has 0 aliphatic carbocycles. The third-order valence-electron chi connectivity index (χ3n) is 4.01. The summed E-state index contributed by atoms with van der Waals surface area (Å²) in [5.41, 5.74) is 1.44. The lowest BCUT2D eigenvalue weighted by Gasteiger charge is -2.16. The summed E-state index contributed by atoms with van der Waals surface area (Å²) in [6.45, 7) is 1.05. The van der Waals surface area contributed by atoms with Gasteiger partial charge in [0.25, 0.3) is 0 Å². The molecule has 1 aliphatic rings. The molecule has 1 aliphatic heterocycles. The van der Waals surface area contributed by atoms with Crippen molar-refractivity contribution in [3.63, 3.8) is 0 Å². The van der Waals surface area contributed by atoms with E-state index in [1.807, 2.05) is 17.5 Å². The van der Waals surface area contributed by atoms with E-state index >= 15 is 0 Å². The van der Waals surface area contributed by atoms with Gasteiger partial charge >= 0.3 is 0 Å². The van der Waals surface area contributed by atoms with Crippen LogP contribution < -0.4 is 23.7 Å². The predicted molar refractivity (Wildman–Crippen MR) is 95.9 cm³/mol. The van der Waals surface area contributed by atoms with Gasteiger partial charge in [-0.25, -0.2) is 4.98 Å². The largest absolute Gasteiger partial charge is 0.493 e. The second-order valence-corrected chi connectivity index (χ2v) is 6.28. The molecule has 0 amide bonds. The number of aromatic nitrogens is 1. The Bertz CT molecular complexity index is 907. The number of ether oxygens (including phenoxy) is 5. The van der Waals surface area contributed by atoms with Gasteiger partial charge in [0.2, 0.25) is 5.75 Å². The van der Waals surface area contributed by atoms with Crippen molar-refractivity contribution < 1.29 is 28.1 Å². The smallest absolute Gasteiger partial charge is 0.203 e. The number of methoxy groups -OCH3 is 3. The monoisotopic (exact) mass is 375 g/mol. The minimum atomic E-state index is 0.504. The Morgan fingerprint density at radius 2 is 1.73 bits per heavy atom. The standard InChI is InChI=1S/C18H17NO6S/c1-20-11-6-10(7-12(21-2)15(11)22-3)14-17(25-9-19-14)18-16-13(8-26-18)23-4-5-24-16/h6-9H,4-5H2,1-3H3. The number of hydrogen-bond acceptors (Lipinski definition) is 8. The Balaban J connectivity index is 1.84. The molecule has 0 saturated heterocycles. The van der Waals surface area contributed by atoms with Crippen molar-refractivity contribution in [2.75, 3.05) is 34.5 Å². The van der Waals surface area contributed by atoms with E-state index in [9.17, 15) is 0 Å². The van der Waals surface area contributed by atoms with E-state index in [1.165, 1.54) is 17.7 Å². The van der Waals surface area contributed by atoms with Gasteiger partial charge in [0.1, 0.15) is 23.8 Å². The normalized spacial score (nSPS) is 12.7. The molecule has 8 heteroatoms. The SMILES string of the molecule is COc1cc(-c2ncoc2-c2scc3c2OCCO3)cc(OC)c1OC. The van der Waals surface area contributed by atoms with Gasteiger partial charge in [0, 0.05) is 10.9 Å². The molecule has 26 heavy (non-hydrogen) atoms. The van der Waals surface area contributed by atoms with Crippen molar-refractivity contribution in [3.05, 3.63) is 23.9 Å². The summed E-state index contributed by atoms with van der Waals surface area (Å²) in [5.74, 6) is 3.63. The number of nitrogens with zero attached hydrogens (tertiary/aromatic N) is 1. The van der Waals surface area contributed by atoms with E-state index in [0.717, 1.165) is 16.2 Å². The molecule has 3 aromatic rings. The molecule has 0 N–H and O–H groups in total. The molecule has 1 aromatic carbocycles. The van der Waals surface area contributed by atoms with Crippen LogP contribution in [0, 0.1) is 0 Å². The Morgan fingerprint density at radius 3 is 2.42 bits per heavy atom. The van der Waals surface area contributed by atoms with E-state index in [0.29, 0.717) is 47.7 Å². The van der Waals surface area contributed by atoms with Gasteiger partial charge in [0.15, 0.2) is 35.2 Å². The minimum absolute atomic E-state index is 0.504. The van der Waals surface area contributed by atoms with Gasteiger partial charge < -0.3 is 28.1 Å². The molecule has 0 radical (unpaired) electrons. The van der Waals surface area contributed by atoms with Gasteiger partial charge in [-0.15, -0.1) is 11.3 Å². The lowest BCUT2D eigenvalue weighted by atomic mass is 10.1. The lowest BCUT2D eigenvalue weighted by molar-refractivity contribution is 0.174. The van der Waals surface area contributed by atoms with Gasteiger partial charge in [-0.1, -0.05) is 0 Å². The van der Waals surface area contributed by atoms with Crippen molar-refractivity contribution >= 4 is 11.3 Å². The fourth-order valence-corrected chi connectivity index (χ4v) is 3.77. The fourth-order valence-electron chi connectivity index (χ4n) is 2.85. The summed E-state index contributed by atoms with van der Waals surface area (Å²) in [5, 5.41) is 1.91. The molecule has 0 fully saturated rings. The number of benzene rings is 1. The van der Waals surface area contributed by atoms with E-state index < -0.39 is 0 Å². The Hall–Kier alpha value is -2.87. The van der Waals surface area contributed by atoms with Crippen LogP contribution >= 0.6 is 11.3 Å². The quantitative estimate of drug-likeness (QED) is 0.670. The van der Waals surface area contributed by atoms with Crippen LogP contribution in [0.2, 0.25) is 0 Å². The number of hydrogen-bond donors (Lipinski definition) is 0. The van der Waals surface area contributed by atoms with Crippen LogP contribution in [0.3, 0.4) is 0 Å². The first-order valence-electron chi connectivity index (χ1n) is 7.88. The molecule has 0 bridgehead atoms. The molecule has 4 rings (SSSR count). The summed E-state index contributed by atoms with van der Waals surface area (Å²) < 4.78 is 33.3. The zero-order valence-corrected chi connectivity index (χ0v) is 15.3. The summed E-state index contributed by atoms with van der Waals surface area (Å²) in [7, 11) is 4.72. The lowest BCUT2D eigenvalue weighted by Crippen LogP contribution is -2.14. The van der Waals surface area contributed by atoms with Crippen molar-refractivity contribution in [1.82, 2.24) is 4.98 Å². The number of fused-ring (bicyclic) bond motifs is 1. The highest BCUT2D eigenvalue weighted by Crippen LogP contribution is 2.49. The van der Waals surface area contributed by atoms with Gasteiger partial charge in [-0.2, -0.15) is 0 Å². The first kappa shape index (κ1) is 16.6. The summed E-state index contributed by atoms with van der Waals surface area (Å²) in [6.07, 6.45) is 1.41. The molecule has 0 unspecified atom stereocenters. The molecular weight excluding hydrogens is 358 g/mol. The molecule has 0 saturated carbocycles. The van der Waals surface area contributed by atoms with E-state index in [4.69, 9.17) is 28.1 Å². The van der Waals surface area contributed by atoms with Crippen molar-refractivity contribution in [3.8, 4) is 50.6 Å². The maximum absolute atomic E-state index is 5.76. The van der Waals surface area contributed by atoms with Crippen LogP contribution in [0.1, 0.15) is 0 Å². The molecule has 0 spiro atoms. The molecular formula is C18H17NO6S. The van der Waals surface area contributed by atoms with Crippen LogP contribution in [-0.2, 0) is 0 Å². The van der Waals surface area contributed by atoms with E-state index in [2.05, 4.69) is 4.98 Å². The summed E-state index contributed by atoms with van der Waals surface area (Å²) >= 11 is 1.49. The number of rotatable bonds is 5. The molecule has 0 atom stereocenters. The highest BCUT2D eigenvalue weighted by atomic mass is 32.1. The number of oxazole rings is 1. The van der Waals surface area contributed by atoms with Crippen molar-refractivity contribution in [2.24, 2.45) is 0 Å². The molecule has 3 heterocycles. The third kappa shape index (κ3) is 2.62. The van der Waals surface area contributed by atoms with Crippen LogP contribution in [-0.4, -0.2) is 39.5 Å². The molecule has 136 valence electrons. The zero-order chi connectivity index (χ0) is 18.1. The van der Waals surface area contributed by atoms with Gasteiger partial charge in [0.05, 0.1) is 21.3 Å². The first-order valence-corrected chi connectivity index (χ1v) is 8.76. The van der Waals surface area contributed by atoms with Crippen molar-refractivity contribution in [1.29, 1.82) is 0 Å². The predicted octanol–water partition coefficient (Wildman–Crippen LogP) is 3.87. The minimum Gasteiger partial charge on any atom is -0.493 e. The Kier molecular flexibility index (Phi) is 4.34. The first-order chi connectivity index (χ1) is 12.8. The summed E-state index contributed by atoms with van der Waals surface area (Å²) in [6, 6.07) is 3.67. The Morgan fingerprint density at radius 1 is 1.00 bits per heavy atom. The van der Waals surface area contributed by atoms with Crippen LogP contribution in [0.25, 0.3) is 21.9 Å². The van der Waals surface area contributed by atoms with Crippen LogP contribution in [0.4, 0.5) is 0 Å². The van der Waals surface area contributed by atoms with Crippen LogP contribution in [0.15, 0.2) is 28.3 Å². The molecule has 7 nitrogen and oxygen atoms in total. The van der Waals surface area contributed by atoms with Gasteiger partial charge in [-0.05, 0) is 12.1 Å². The Labute approximate surface area is 154 Å². The topological polar surface area (TPSA) is 72.2 Å². The van der Waals surface area contributed by atoms with Gasteiger partial charge in [-0.3, -0.25) is 0 Å². The molecule has 2 aromatic heterocycles. The fraction of sp³-hybridized carbons (Fsp3) is 0.278. The number of thiophene rings is 1. The second-order valence-electron chi connectivity index (χ2n) is 5.40. The maximum Gasteiger partial charge on any atom is 0.203 e. The zero-order valence-electron chi connectivity index (χ0n) is 14.5. The van der Waals surface area contributed by atoms with Crippen molar-refractivity contribution in [2.45, 2.75) is 0 Å². The third-order valence-corrected chi connectivity index (χ3v) is 4.95. The summed E-state index contributed by atoms with van der Waals surface area (Å²) in [4.78, 5) is 5.22. The second kappa shape index (κ2) is 6.80. The average Bonchev–Trinajstić information content (AvgIpc) is 3.33. The highest BCUT2D eigenvalue weighted by Gasteiger charge is 2.26. The van der Waals surface area contributed by atoms with Crippen LogP contribution in [0.5, 0.6) is 28.7 Å². The highest BCUT2D eigenvalue weighted by molar-refractivity contribution is 7.14. The average molecular weight is 375 g/mol. The maximum atomic E-state index is 5.76. The van der Waals surface area contributed by atoms with E-state index in [-0.39, 0.29) is 0 Å².